The fourth-order valence-electron chi connectivity index (χ4n) is 4.30. The summed E-state index contributed by atoms with van der Waals surface area (Å²) in [6.45, 7) is 4.68. The molecular formula is C21H28N6O2. The lowest BCUT2D eigenvalue weighted by molar-refractivity contribution is 0.0984. The molecule has 1 atom stereocenters. The number of benzene rings is 1. The number of nitrogens with zero attached hydrogens (tertiary/aromatic N) is 5. The highest BCUT2D eigenvalue weighted by molar-refractivity contribution is 6.05. The van der Waals surface area contributed by atoms with E-state index in [0.29, 0.717) is 25.3 Å². The van der Waals surface area contributed by atoms with E-state index in [-0.39, 0.29) is 18.0 Å². The Morgan fingerprint density at radius 1 is 1.21 bits per heavy atom. The zero-order valence-electron chi connectivity index (χ0n) is 16.9. The Morgan fingerprint density at radius 2 is 2.07 bits per heavy atom. The van der Waals surface area contributed by atoms with Gasteiger partial charge in [0.05, 0.1) is 6.20 Å². The van der Waals surface area contributed by atoms with Crippen LogP contribution in [0.15, 0.2) is 30.5 Å². The monoisotopic (exact) mass is 396 g/mol. The summed E-state index contributed by atoms with van der Waals surface area (Å²) in [7, 11) is 0. The number of urea groups is 1. The van der Waals surface area contributed by atoms with Crippen LogP contribution in [0.3, 0.4) is 0 Å². The minimum atomic E-state index is -0.109. The molecule has 1 aromatic carbocycles. The Balaban J connectivity index is 1.38. The van der Waals surface area contributed by atoms with Crippen molar-refractivity contribution in [3.05, 3.63) is 41.7 Å². The van der Waals surface area contributed by atoms with E-state index in [1.54, 1.807) is 15.8 Å². The first-order chi connectivity index (χ1) is 14.2. The van der Waals surface area contributed by atoms with Crippen LogP contribution in [0, 0.1) is 0 Å². The molecule has 154 valence electrons. The molecular weight excluding hydrogens is 368 g/mol. The lowest BCUT2D eigenvalue weighted by Crippen LogP contribution is -2.48. The predicted octanol–water partition coefficient (Wildman–Crippen LogP) is 2.46. The normalized spacial score (nSPS) is 18.6. The molecule has 0 radical (unpaired) electrons. The van der Waals surface area contributed by atoms with Crippen LogP contribution in [0.1, 0.15) is 48.7 Å². The maximum atomic E-state index is 12.9. The smallest absolute Gasteiger partial charge is 0.317 e. The number of aromatic nitrogens is 3. The van der Waals surface area contributed by atoms with Gasteiger partial charge in [-0.2, -0.15) is 0 Å². The van der Waals surface area contributed by atoms with E-state index in [1.165, 1.54) is 5.56 Å². The van der Waals surface area contributed by atoms with Crippen molar-refractivity contribution in [1.29, 1.82) is 0 Å². The second-order valence-electron chi connectivity index (χ2n) is 7.67. The average molecular weight is 396 g/mol. The number of anilines is 1. The second kappa shape index (κ2) is 8.63. The van der Waals surface area contributed by atoms with Crippen molar-refractivity contribution in [3.8, 4) is 0 Å². The largest absolute Gasteiger partial charge is 0.338 e. The molecule has 0 bridgehead atoms. The molecule has 3 heterocycles. The van der Waals surface area contributed by atoms with Gasteiger partial charge in [-0.1, -0.05) is 23.4 Å². The van der Waals surface area contributed by atoms with Crippen molar-refractivity contribution in [1.82, 2.24) is 25.2 Å². The van der Waals surface area contributed by atoms with Gasteiger partial charge >= 0.3 is 6.03 Å². The number of nitrogens with one attached hydrogen (secondary N) is 1. The van der Waals surface area contributed by atoms with Crippen LogP contribution >= 0.6 is 0 Å². The molecule has 0 saturated carbocycles. The van der Waals surface area contributed by atoms with E-state index in [9.17, 15) is 9.59 Å². The fourth-order valence-corrected chi connectivity index (χ4v) is 4.30. The second-order valence-corrected chi connectivity index (χ2v) is 7.67. The van der Waals surface area contributed by atoms with Gasteiger partial charge in [0, 0.05) is 37.9 Å². The predicted molar refractivity (Wildman–Crippen MR) is 110 cm³/mol. The Kier molecular flexibility index (Phi) is 5.78. The minimum Gasteiger partial charge on any atom is -0.338 e. The third-order valence-electron chi connectivity index (χ3n) is 5.80. The fraction of sp³-hybridized carbons (Fsp3) is 0.524. The molecule has 0 spiro atoms. The van der Waals surface area contributed by atoms with E-state index in [0.717, 1.165) is 44.3 Å². The number of aryl methyl sites for hydroxylation is 1. The lowest BCUT2D eigenvalue weighted by Gasteiger charge is -2.35. The molecule has 2 aliphatic heterocycles. The Morgan fingerprint density at radius 3 is 2.93 bits per heavy atom. The van der Waals surface area contributed by atoms with Gasteiger partial charge in [0.25, 0.3) is 5.91 Å². The topological polar surface area (TPSA) is 83.4 Å². The van der Waals surface area contributed by atoms with E-state index in [1.807, 2.05) is 30.0 Å². The number of hydrogen-bond donors (Lipinski definition) is 1. The molecule has 29 heavy (non-hydrogen) atoms. The van der Waals surface area contributed by atoms with Crippen LogP contribution in [0.2, 0.25) is 0 Å². The van der Waals surface area contributed by atoms with Crippen LogP contribution in [0.25, 0.3) is 0 Å². The van der Waals surface area contributed by atoms with Gasteiger partial charge in [-0.3, -0.25) is 9.48 Å². The maximum Gasteiger partial charge on any atom is 0.317 e. The zero-order chi connectivity index (χ0) is 20.2. The molecule has 4 rings (SSSR count). The summed E-state index contributed by atoms with van der Waals surface area (Å²) in [6, 6.07) is 8.20. The Hall–Kier alpha value is -2.90. The minimum absolute atomic E-state index is 0.0133. The van der Waals surface area contributed by atoms with Crippen molar-refractivity contribution < 1.29 is 9.59 Å². The summed E-state index contributed by atoms with van der Waals surface area (Å²) >= 11 is 0. The summed E-state index contributed by atoms with van der Waals surface area (Å²) in [5.41, 5.74) is 2.52. The molecule has 1 fully saturated rings. The molecule has 3 amide bonds. The van der Waals surface area contributed by atoms with E-state index < -0.39 is 0 Å². The summed E-state index contributed by atoms with van der Waals surface area (Å²) in [5, 5.41) is 11.2. The van der Waals surface area contributed by atoms with Gasteiger partial charge in [0.1, 0.15) is 0 Å². The zero-order valence-corrected chi connectivity index (χ0v) is 16.9. The van der Waals surface area contributed by atoms with Crippen LogP contribution in [-0.2, 0) is 13.0 Å². The SMILES string of the molecule is CCNC(=O)N1CCCCC1CCn1cc(C(=O)N2CCc3ccccc32)nn1. The number of rotatable bonds is 5. The molecule has 1 aromatic heterocycles. The molecule has 2 aliphatic rings. The van der Waals surface area contributed by atoms with Gasteiger partial charge < -0.3 is 15.1 Å². The number of likely N-dealkylation sites (tertiary alicyclic amines) is 1. The van der Waals surface area contributed by atoms with Gasteiger partial charge in [-0.25, -0.2) is 4.79 Å². The highest BCUT2D eigenvalue weighted by Gasteiger charge is 2.28. The third-order valence-corrected chi connectivity index (χ3v) is 5.80. The number of carbonyl (C=O) groups excluding carboxylic acids is 2. The maximum absolute atomic E-state index is 12.9. The van der Waals surface area contributed by atoms with Crippen LogP contribution in [0.5, 0.6) is 0 Å². The summed E-state index contributed by atoms with van der Waals surface area (Å²) < 4.78 is 1.72. The first kappa shape index (κ1) is 19.4. The number of para-hydroxylation sites is 1. The number of carbonyl (C=O) groups is 2. The molecule has 1 unspecified atom stereocenters. The molecule has 8 nitrogen and oxygen atoms in total. The summed E-state index contributed by atoms with van der Waals surface area (Å²) in [4.78, 5) is 28.9. The van der Waals surface area contributed by atoms with Crippen LogP contribution in [0.4, 0.5) is 10.5 Å². The third kappa shape index (κ3) is 4.11. The van der Waals surface area contributed by atoms with Crippen molar-refractivity contribution in [2.75, 3.05) is 24.5 Å². The highest BCUT2D eigenvalue weighted by Crippen LogP contribution is 2.28. The number of fused-ring (bicyclic) bond motifs is 1. The van der Waals surface area contributed by atoms with Crippen molar-refractivity contribution in [2.24, 2.45) is 0 Å². The number of hydrogen-bond acceptors (Lipinski definition) is 4. The first-order valence-corrected chi connectivity index (χ1v) is 10.5. The van der Waals surface area contributed by atoms with Gasteiger partial charge in [0.2, 0.25) is 0 Å². The van der Waals surface area contributed by atoms with Gasteiger partial charge in [-0.05, 0) is 50.7 Å². The Bertz CT molecular complexity index is 880. The quantitative estimate of drug-likeness (QED) is 0.842. The van der Waals surface area contributed by atoms with Crippen LogP contribution < -0.4 is 10.2 Å². The average Bonchev–Trinajstić information content (AvgIpc) is 3.39. The van der Waals surface area contributed by atoms with Crippen molar-refractivity contribution in [2.45, 2.75) is 51.6 Å². The summed E-state index contributed by atoms with van der Waals surface area (Å²) in [5.74, 6) is -0.109. The van der Waals surface area contributed by atoms with Gasteiger partial charge in [0.15, 0.2) is 5.69 Å². The molecule has 1 saturated heterocycles. The number of piperidine rings is 1. The molecule has 8 heteroatoms. The highest BCUT2D eigenvalue weighted by atomic mass is 16.2. The molecule has 2 aromatic rings. The van der Waals surface area contributed by atoms with Crippen molar-refractivity contribution >= 4 is 17.6 Å². The van der Waals surface area contributed by atoms with E-state index >= 15 is 0 Å². The van der Waals surface area contributed by atoms with Gasteiger partial charge in [-0.15, -0.1) is 5.10 Å². The number of amides is 3. The van der Waals surface area contributed by atoms with E-state index in [4.69, 9.17) is 0 Å². The summed E-state index contributed by atoms with van der Waals surface area (Å²) in [6.07, 6.45) is 6.59. The standard InChI is InChI=1S/C21H28N6O2/c1-2-22-21(29)26-12-6-5-8-17(26)11-13-25-15-18(23-24-25)20(28)27-14-10-16-7-3-4-9-19(16)27/h3-4,7,9,15,17H,2,5-6,8,10-14H2,1H3,(H,22,29). The first-order valence-electron chi connectivity index (χ1n) is 10.5. The lowest BCUT2D eigenvalue weighted by atomic mass is 10.00. The molecule has 0 aliphatic carbocycles. The van der Waals surface area contributed by atoms with Crippen molar-refractivity contribution in [3.63, 3.8) is 0 Å². The Labute approximate surface area is 170 Å². The van der Waals surface area contributed by atoms with Crippen LogP contribution in [-0.4, -0.2) is 57.5 Å². The van der Waals surface area contributed by atoms with E-state index in [2.05, 4.69) is 21.7 Å². The molecule has 1 N–H and O–H groups in total.